The maximum atomic E-state index is 12.2. The summed E-state index contributed by atoms with van der Waals surface area (Å²) in [7, 11) is 0. The molecule has 0 bridgehead atoms. The second-order valence-electron chi connectivity index (χ2n) is 11.7. The average Bonchev–Trinajstić information content (AvgIpc) is 2.88. The first-order chi connectivity index (χ1) is 18.0. The van der Waals surface area contributed by atoms with Gasteiger partial charge in [0.15, 0.2) is 0 Å². The third-order valence-electron chi connectivity index (χ3n) is 7.45. The molecule has 0 aromatic carbocycles. The largest absolute Gasteiger partial charge is 0.394 e. The second-order valence-corrected chi connectivity index (χ2v) is 11.7. The molecule has 0 saturated carbocycles. The summed E-state index contributed by atoms with van der Waals surface area (Å²) in [6, 6.07) is -0.614. The second kappa shape index (κ2) is 28.1. The molecule has 0 aliphatic rings. The highest BCUT2D eigenvalue weighted by Gasteiger charge is 2.17. The van der Waals surface area contributed by atoms with Gasteiger partial charge in [-0.05, 0) is 25.2 Å². The van der Waals surface area contributed by atoms with Gasteiger partial charge in [0, 0.05) is 6.42 Å². The lowest BCUT2D eigenvalue weighted by molar-refractivity contribution is -0.123. The Balaban J connectivity index is 3.66. The smallest absolute Gasteiger partial charge is 0.220 e. The summed E-state index contributed by atoms with van der Waals surface area (Å²) in [6.45, 7) is 6.61. The van der Waals surface area contributed by atoms with Crippen molar-refractivity contribution in [1.82, 2.24) is 5.32 Å². The third kappa shape index (κ3) is 26.5. The highest BCUT2D eigenvalue weighted by molar-refractivity contribution is 5.76. The summed E-state index contributed by atoms with van der Waals surface area (Å²) in [6.07, 6.45) is 31.4. The normalized spacial score (nSPS) is 13.5. The summed E-state index contributed by atoms with van der Waals surface area (Å²) in [5.41, 5.74) is 0. The highest BCUT2D eigenvalue weighted by Crippen LogP contribution is 2.14. The van der Waals surface area contributed by atoms with Crippen molar-refractivity contribution in [3.8, 4) is 0 Å². The van der Waals surface area contributed by atoms with Gasteiger partial charge in [-0.1, -0.05) is 155 Å². The first kappa shape index (κ1) is 36.1. The van der Waals surface area contributed by atoms with E-state index in [-0.39, 0.29) is 12.5 Å². The number of aliphatic hydroxyl groups excluding tert-OH is 2. The Kier molecular flexibility index (Phi) is 27.5. The number of amides is 1. The van der Waals surface area contributed by atoms with Crippen molar-refractivity contribution in [3.05, 3.63) is 12.2 Å². The summed E-state index contributed by atoms with van der Waals surface area (Å²) in [5.74, 6) is 0.757. The fourth-order valence-electron chi connectivity index (χ4n) is 4.89. The minimum Gasteiger partial charge on any atom is -0.394 e. The lowest BCUT2D eigenvalue weighted by Gasteiger charge is -2.20. The molecule has 1 amide bonds. The van der Waals surface area contributed by atoms with Crippen LogP contribution >= 0.6 is 0 Å². The van der Waals surface area contributed by atoms with Crippen LogP contribution in [0.5, 0.6) is 0 Å². The zero-order valence-corrected chi connectivity index (χ0v) is 25.2. The van der Waals surface area contributed by atoms with Crippen molar-refractivity contribution < 1.29 is 15.0 Å². The summed E-state index contributed by atoms with van der Waals surface area (Å²) in [5, 5.41) is 22.8. The maximum absolute atomic E-state index is 12.2. The molecule has 4 nitrogen and oxygen atoms in total. The van der Waals surface area contributed by atoms with Crippen molar-refractivity contribution >= 4 is 5.91 Å². The first-order valence-corrected chi connectivity index (χ1v) is 16.3. The monoisotopic (exact) mass is 523 g/mol. The van der Waals surface area contributed by atoms with Gasteiger partial charge in [-0.15, -0.1) is 0 Å². The van der Waals surface area contributed by atoms with Crippen LogP contribution in [0.2, 0.25) is 0 Å². The lowest BCUT2D eigenvalue weighted by Crippen LogP contribution is -2.45. The molecule has 0 unspecified atom stereocenters. The molecule has 0 aliphatic heterocycles. The first-order valence-electron chi connectivity index (χ1n) is 16.3. The zero-order valence-electron chi connectivity index (χ0n) is 25.2. The van der Waals surface area contributed by atoms with Gasteiger partial charge < -0.3 is 15.5 Å². The molecule has 0 heterocycles. The minimum atomic E-state index is -0.832. The van der Waals surface area contributed by atoms with E-state index in [2.05, 4.69) is 26.1 Å². The van der Waals surface area contributed by atoms with Crippen LogP contribution in [0.4, 0.5) is 0 Å². The molecule has 0 aromatic rings. The van der Waals surface area contributed by atoms with E-state index in [1.54, 1.807) is 6.08 Å². The van der Waals surface area contributed by atoms with Gasteiger partial charge in [-0.25, -0.2) is 0 Å². The van der Waals surface area contributed by atoms with Crippen molar-refractivity contribution in [2.24, 2.45) is 5.92 Å². The quantitative estimate of drug-likeness (QED) is 0.0707. The van der Waals surface area contributed by atoms with Crippen molar-refractivity contribution in [1.29, 1.82) is 0 Å². The topological polar surface area (TPSA) is 69.6 Å². The molecule has 0 radical (unpaired) electrons. The van der Waals surface area contributed by atoms with Crippen LogP contribution in [0.3, 0.4) is 0 Å². The standard InChI is InChI=1S/C33H65NO3/c1-4-5-6-7-8-9-10-11-12-16-19-22-25-28-33(37)34-31(29-35)32(36)27-24-21-18-15-13-14-17-20-23-26-30(2)3/h24,27,30-32,35-36H,4-23,25-26,28-29H2,1-3H3,(H,34,37)/b27-24+/t31-,32+/m0/s1. The zero-order chi connectivity index (χ0) is 27.4. The Morgan fingerprint density at radius 1 is 0.703 bits per heavy atom. The number of rotatable bonds is 28. The SMILES string of the molecule is CCCCCCCCCCCCCCCC(=O)N[C@@H](CO)[C@H](O)/C=C/CCCCCCCCCC(C)C. The molecule has 0 saturated heterocycles. The van der Waals surface area contributed by atoms with Crippen LogP contribution in [0, 0.1) is 5.92 Å². The van der Waals surface area contributed by atoms with E-state index in [1.165, 1.54) is 116 Å². The van der Waals surface area contributed by atoms with Gasteiger partial charge in [-0.3, -0.25) is 4.79 Å². The molecule has 3 N–H and O–H groups in total. The Morgan fingerprint density at radius 2 is 1.16 bits per heavy atom. The number of nitrogens with one attached hydrogen (secondary N) is 1. The van der Waals surface area contributed by atoms with E-state index in [0.717, 1.165) is 31.6 Å². The van der Waals surface area contributed by atoms with Gasteiger partial charge in [-0.2, -0.15) is 0 Å². The van der Waals surface area contributed by atoms with Gasteiger partial charge in [0.25, 0.3) is 0 Å². The molecule has 220 valence electrons. The molecule has 0 aromatic heterocycles. The van der Waals surface area contributed by atoms with Crippen molar-refractivity contribution in [2.75, 3.05) is 6.61 Å². The van der Waals surface area contributed by atoms with Crippen molar-refractivity contribution in [2.45, 2.75) is 181 Å². The molecule has 0 fully saturated rings. The van der Waals surface area contributed by atoms with Crippen LogP contribution in [0.25, 0.3) is 0 Å². The Hall–Kier alpha value is -0.870. The molecule has 0 rings (SSSR count). The summed E-state index contributed by atoms with van der Waals surface area (Å²) in [4.78, 5) is 12.2. The average molecular weight is 524 g/mol. The molecule has 2 atom stereocenters. The third-order valence-corrected chi connectivity index (χ3v) is 7.45. The number of hydrogen-bond acceptors (Lipinski definition) is 3. The van der Waals surface area contributed by atoms with Crippen LogP contribution in [-0.4, -0.2) is 34.9 Å². The fraction of sp³-hybridized carbons (Fsp3) is 0.909. The van der Waals surface area contributed by atoms with Crippen LogP contribution in [0.15, 0.2) is 12.2 Å². The van der Waals surface area contributed by atoms with Gasteiger partial charge >= 0.3 is 0 Å². The van der Waals surface area contributed by atoms with E-state index < -0.39 is 12.1 Å². The van der Waals surface area contributed by atoms with Crippen LogP contribution in [-0.2, 0) is 4.79 Å². The lowest BCUT2D eigenvalue weighted by atomic mass is 10.0. The Bertz CT molecular complexity index is 506. The van der Waals surface area contributed by atoms with Crippen LogP contribution < -0.4 is 5.32 Å². The fourth-order valence-corrected chi connectivity index (χ4v) is 4.89. The van der Waals surface area contributed by atoms with E-state index in [1.807, 2.05) is 6.08 Å². The number of aliphatic hydroxyl groups is 2. The molecule has 4 heteroatoms. The number of carbonyl (C=O) groups is 1. The summed E-state index contributed by atoms with van der Waals surface area (Å²) < 4.78 is 0. The Labute approximate surface area is 231 Å². The predicted molar refractivity (Wildman–Crippen MR) is 161 cm³/mol. The van der Waals surface area contributed by atoms with Crippen LogP contribution in [0.1, 0.15) is 168 Å². The number of hydrogen-bond donors (Lipinski definition) is 3. The highest BCUT2D eigenvalue weighted by atomic mass is 16.3. The van der Waals surface area contributed by atoms with E-state index in [9.17, 15) is 15.0 Å². The predicted octanol–water partition coefficient (Wildman–Crippen LogP) is 9.03. The summed E-state index contributed by atoms with van der Waals surface area (Å²) >= 11 is 0. The molecule has 0 spiro atoms. The number of allylic oxidation sites excluding steroid dienone is 1. The van der Waals surface area contributed by atoms with E-state index in [0.29, 0.717) is 6.42 Å². The molecular formula is C33H65NO3. The van der Waals surface area contributed by atoms with E-state index in [4.69, 9.17) is 0 Å². The van der Waals surface area contributed by atoms with Gasteiger partial charge in [0.1, 0.15) is 0 Å². The molecular weight excluding hydrogens is 458 g/mol. The minimum absolute atomic E-state index is 0.0667. The molecule has 0 aliphatic carbocycles. The number of unbranched alkanes of at least 4 members (excludes halogenated alkanes) is 19. The van der Waals surface area contributed by atoms with Gasteiger partial charge in [0.05, 0.1) is 18.8 Å². The number of carbonyl (C=O) groups excluding carboxylic acids is 1. The Morgan fingerprint density at radius 3 is 1.65 bits per heavy atom. The molecule has 37 heavy (non-hydrogen) atoms. The van der Waals surface area contributed by atoms with Crippen molar-refractivity contribution in [3.63, 3.8) is 0 Å². The van der Waals surface area contributed by atoms with E-state index >= 15 is 0 Å². The maximum Gasteiger partial charge on any atom is 0.220 e. The van der Waals surface area contributed by atoms with Gasteiger partial charge in [0.2, 0.25) is 5.91 Å².